The van der Waals surface area contributed by atoms with Crippen LogP contribution in [0.3, 0.4) is 0 Å². The van der Waals surface area contributed by atoms with Crippen LogP contribution in [0.2, 0.25) is 10.0 Å². The molecular weight excluding hydrogens is 379 g/mol. The van der Waals surface area contributed by atoms with Gasteiger partial charge in [0, 0.05) is 18.2 Å². The van der Waals surface area contributed by atoms with Gasteiger partial charge in [0.15, 0.2) is 0 Å². The number of carbonyl (C=O) groups excluding carboxylic acids is 2. The molecule has 1 amide bonds. The maximum Gasteiger partial charge on any atom is 0.340 e. The van der Waals surface area contributed by atoms with Gasteiger partial charge in [0.05, 0.1) is 29.9 Å². The Hall–Kier alpha value is -1.34. The average Bonchev–Trinajstić information content (AvgIpc) is 2.62. The molecule has 0 radical (unpaired) electrons. The molecule has 144 valence electrons. The number of esters is 1. The summed E-state index contributed by atoms with van der Waals surface area (Å²) in [6.07, 6.45) is 2.00. The molecule has 1 saturated heterocycles. The minimum Gasteiger partial charge on any atom is -0.465 e. The fourth-order valence-electron chi connectivity index (χ4n) is 2.95. The molecule has 1 fully saturated rings. The first-order chi connectivity index (χ1) is 12.4. The van der Waals surface area contributed by atoms with Crippen molar-refractivity contribution in [1.82, 2.24) is 4.90 Å². The molecule has 1 N–H and O–H groups in total. The number of likely N-dealkylation sites (tertiary alicyclic amines) is 1. The molecule has 0 bridgehead atoms. The summed E-state index contributed by atoms with van der Waals surface area (Å²) < 4.78 is 10.2. The zero-order valence-electron chi connectivity index (χ0n) is 15.0. The van der Waals surface area contributed by atoms with Crippen molar-refractivity contribution in [3.05, 3.63) is 27.7 Å². The zero-order chi connectivity index (χ0) is 19.1. The molecule has 0 spiro atoms. The van der Waals surface area contributed by atoms with Crippen LogP contribution in [0.5, 0.6) is 0 Å². The second-order valence-electron chi connectivity index (χ2n) is 6.23. The summed E-state index contributed by atoms with van der Waals surface area (Å²) in [6, 6.07) is 2.90. The van der Waals surface area contributed by atoms with Crippen molar-refractivity contribution < 1.29 is 19.1 Å². The summed E-state index contributed by atoms with van der Waals surface area (Å²) in [5.74, 6) is -0.296. The van der Waals surface area contributed by atoms with Gasteiger partial charge >= 0.3 is 5.97 Å². The maximum absolute atomic E-state index is 12.4. The van der Waals surface area contributed by atoms with Gasteiger partial charge in [0.1, 0.15) is 0 Å². The summed E-state index contributed by atoms with van der Waals surface area (Å²) in [4.78, 5) is 26.4. The van der Waals surface area contributed by atoms with E-state index in [9.17, 15) is 9.59 Å². The quantitative estimate of drug-likeness (QED) is 0.707. The fraction of sp³-hybridized carbons (Fsp3) is 0.556. The number of nitrogens with one attached hydrogen (secondary N) is 1. The molecule has 1 aliphatic heterocycles. The van der Waals surface area contributed by atoms with Gasteiger partial charge in [-0.15, -0.1) is 0 Å². The number of hydrogen-bond acceptors (Lipinski definition) is 5. The molecule has 8 heteroatoms. The topological polar surface area (TPSA) is 67.9 Å². The van der Waals surface area contributed by atoms with Crippen LogP contribution in [0, 0.1) is 5.92 Å². The van der Waals surface area contributed by atoms with E-state index in [-0.39, 0.29) is 28.7 Å². The zero-order valence-corrected chi connectivity index (χ0v) is 16.5. The highest BCUT2D eigenvalue weighted by molar-refractivity contribution is 6.37. The summed E-state index contributed by atoms with van der Waals surface area (Å²) in [5, 5.41) is 3.21. The van der Waals surface area contributed by atoms with E-state index < -0.39 is 5.97 Å². The molecule has 0 saturated carbocycles. The Kier molecular flexibility index (Phi) is 8.15. The number of halogens is 2. The SMILES string of the molecule is CCOCC1CCN(CC(=O)Nc2c(Cl)cc(Cl)cc2C(=O)OC)CC1. The van der Waals surface area contributed by atoms with E-state index in [1.165, 1.54) is 19.2 Å². The standard InChI is InChI=1S/C18H24Cl2N2O4/c1-3-26-11-12-4-6-22(7-5-12)10-16(23)21-17-14(18(24)25-2)8-13(19)9-15(17)20/h8-9,12H,3-7,10-11H2,1-2H3,(H,21,23). The summed E-state index contributed by atoms with van der Waals surface area (Å²) in [5.41, 5.74) is 0.355. The van der Waals surface area contributed by atoms with E-state index in [4.69, 9.17) is 32.7 Å². The lowest BCUT2D eigenvalue weighted by atomic mass is 9.98. The first kappa shape index (κ1) is 21.0. The van der Waals surface area contributed by atoms with Gasteiger partial charge in [-0.1, -0.05) is 23.2 Å². The molecule has 0 aliphatic carbocycles. The number of nitrogens with zero attached hydrogens (tertiary/aromatic N) is 1. The Morgan fingerprint density at radius 3 is 2.58 bits per heavy atom. The van der Waals surface area contributed by atoms with E-state index in [1.807, 2.05) is 6.92 Å². The smallest absolute Gasteiger partial charge is 0.340 e. The third kappa shape index (κ3) is 5.84. The molecule has 0 atom stereocenters. The van der Waals surface area contributed by atoms with Crippen LogP contribution in [-0.2, 0) is 14.3 Å². The molecule has 0 unspecified atom stereocenters. The van der Waals surface area contributed by atoms with Crippen molar-refractivity contribution in [3.8, 4) is 0 Å². The minimum atomic E-state index is -0.610. The highest BCUT2D eigenvalue weighted by atomic mass is 35.5. The minimum absolute atomic E-state index is 0.133. The maximum atomic E-state index is 12.4. The van der Waals surface area contributed by atoms with E-state index in [1.54, 1.807) is 0 Å². The Morgan fingerprint density at radius 2 is 1.96 bits per heavy atom. The van der Waals surface area contributed by atoms with E-state index >= 15 is 0 Å². The molecule has 2 rings (SSSR count). The molecule has 1 aliphatic rings. The first-order valence-electron chi connectivity index (χ1n) is 8.61. The number of methoxy groups -OCH3 is 1. The van der Waals surface area contributed by atoms with Gasteiger partial charge in [-0.3, -0.25) is 9.69 Å². The van der Waals surface area contributed by atoms with Crippen molar-refractivity contribution in [2.75, 3.05) is 45.3 Å². The van der Waals surface area contributed by atoms with Gasteiger partial charge in [-0.25, -0.2) is 4.79 Å². The van der Waals surface area contributed by atoms with Crippen molar-refractivity contribution in [2.45, 2.75) is 19.8 Å². The molecule has 0 aromatic heterocycles. The van der Waals surface area contributed by atoms with Crippen LogP contribution in [0.15, 0.2) is 12.1 Å². The highest BCUT2D eigenvalue weighted by Crippen LogP contribution is 2.31. The van der Waals surface area contributed by atoms with Crippen LogP contribution < -0.4 is 5.32 Å². The number of anilines is 1. The largest absolute Gasteiger partial charge is 0.465 e. The lowest BCUT2D eigenvalue weighted by Crippen LogP contribution is -2.40. The molecule has 6 nitrogen and oxygen atoms in total. The molecular formula is C18H24Cl2N2O4. The predicted octanol–water partition coefficient (Wildman–Crippen LogP) is 3.47. The Balaban J connectivity index is 1.95. The van der Waals surface area contributed by atoms with Crippen molar-refractivity contribution in [3.63, 3.8) is 0 Å². The van der Waals surface area contributed by atoms with Crippen LogP contribution in [0.25, 0.3) is 0 Å². The average molecular weight is 403 g/mol. The summed E-state index contributed by atoms with van der Waals surface area (Å²) in [6.45, 7) is 5.41. The Morgan fingerprint density at radius 1 is 1.27 bits per heavy atom. The third-order valence-electron chi connectivity index (χ3n) is 4.36. The van der Waals surface area contributed by atoms with Crippen molar-refractivity contribution in [1.29, 1.82) is 0 Å². The Labute approximate surface area is 163 Å². The van der Waals surface area contributed by atoms with E-state index in [0.29, 0.717) is 10.9 Å². The molecule has 1 heterocycles. The number of amides is 1. The number of piperidine rings is 1. The lowest BCUT2D eigenvalue weighted by Gasteiger charge is -2.31. The lowest BCUT2D eigenvalue weighted by molar-refractivity contribution is -0.117. The summed E-state index contributed by atoms with van der Waals surface area (Å²) >= 11 is 12.1. The molecule has 26 heavy (non-hydrogen) atoms. The number of ether oxygens (including phenoxy) is 2. The van der Waals surface area contributed by atoms with Gasteiger partial charge < -0.3 is 14.8 Å². The molecule has 1 aromatic rings. The highest BCUT2D eigenvalue weighted by Gasteiger charge is 2.23. The van der Waals surface area contributed by atoms with Gasteiger partial charge in [0.2, 0.25) is 5.91 Å². The van der Waals surface area contributed by atoms with Gasteiger partial charge in [-0.05, 0) is 50.9 Å². The van der Waals surface area contributed by atoms with Crippen LogP contribution in [-0.4, -0.2) is 56.7 Å². The number of benzene rings is 1. The number of hydrogen-bond donors (Lipinski definition) is 1. The fourth-order valence-corrected chi connectivity index (χ4v) is 3.49. The first-order valence-corrected chi connectivity index (χ1v) is 9.37. The van der Waals surface area contributed by atoms with Crippen molar-refractivity contribution in [2.24, 2.45) is 5.92 Å². The van der Waals surface area contributed by atoms with Gasteiger partial charge in [0.25, 0.3) is 0 Å². The van der Waals surface area contributed by atoms with Crippen LogP contribution in [0.4, 0.5) is 5.69 Å². The normalized spacial score (nSPS) is 15.7. The molecule has 1 aromatic carbocycles. The summed E-state index contributed by atoms with van der Waals surface area (Å²) in [7, 11) is 1.26. The number of carbonyl (C=O) groups is 2. The predicted molar refractivity (Wildman–Crippen MR) is 102 cm³/mol. The van der Waals surface area contributed by atoms with Crippen molar-refractivity contribution >= 4 is 40.8 Å². The van der Waals surface area contributed by atoms with E-state index in [2.05, 4.69) is 10.2 Å². The number of rotatable bonds is 7. The monoisotopic (exact) mass is 402 g/mol. The van der Waals surface area contributed by atoms with Crippen LogP contribution >= 0.6 is 23.2 Å². The third-order valence-corrected chi connectivity index (χ3v) is 4.87. The van der Waals surface area contributed by atoms with Crippen LogP contribution in [0.1, 0.15) is 30.1 Å². The second-order valence-corrected chi connectivity index (χ2v) is 7.07. The van der Waals surface area contributed by atoms with Gasteiger partial charge in [-0.2, -0.15) is 0 Å². The Bertz CT molecular complexity index is 646. The van der Waals surface area contributed by atoms with E-state index in [0.717, 1.165) is 39.1 Å². The second kappa shape index (κ2) is 10.1.